The number of amides is 3. The van der Waals surface area contributed by atoms with Crippen molar-refractivity contribution in [2.24, 2.45) is 0 Å². The second-order valence-corrected chi connectivity index (χ2v) is 6.69. The highest BCUT2D eigenvalue weighted by Gasteiger charge is 2.18. The van der Waals surface area contributed by atoms with Crippen LogP contribution in [0.2, 0.25) is 0 Å². The molecular weight excluding hydrogens is 356 g/mol. The first-order valence-electron chi connectivity index (χ1n) is 9.33. The third kappa shape index (κ3) is 5.57. The number of benzene rings is 2. The molecule has 2 aromatic carbocycles. The predicted molar refractivity (Wildman–Crippen MR) is 106 cm³/mol. The molecule has 1 heterocycles. The highest BCUT2D eigenvalue weighted by molar-refractivity contribution is 5.88. The molecule has 1 aliphatic heterocycles. The van der Waals surface area contributed by atoms with Gasteiger partial charge >= 0.3 is 0 Å². The lowest BCUT2D eigenvalue weighted by Crippen LogP contribution is -2.50. The fraction of sp³-hybridized carbons (Fsp3) is 0.286. The molecule has 7 nitrogen and oxygen atoms in total. The molecule has 1 aliphatic rings. The third-order valence-electron chi connectivity index (χ3n) is 4.54. The first-order chi connectivity index (χ1) is 13.6. The lowest BCUT2D eigenvalue weighted by molar-refractivity contribution is -0.129. The van der Waals surface area contributed by atoms with Crippen molar-refractivity contribution in [1.29, 1.82) is 0 Å². The Hall–Kier alpha value is -3.35. The average molecular weight is 380 g/mol. The van der Waals surface area contributed by atoms with Crippen molar-refractivity contribution in [3.63, 3.8) is 0 Å². The van der Waals surface area contributed by atoms with Crippen LogP contribution in [0.25, 0.3) is 0 Å². The molecule has 146 valence electrons. The highest BCUT2D eigenvalue weighted by Crippen LogP contribution is 2.26. The Balaban J connectivity index is 1.38. The number of rotatable bonds is 6. The molecule has 2 aromatic rings. The topological polar surface area (TPSA) is 90.5 Å². The zero-order valence-corrected chi connectivity index (χ0v) is 15.6. The summed E-state index contributed by atoms with van der Waals surface area (Å²) in [6.45, 7) is 0.768. The van der Waals surface area contributed by atoms with Gasteiger partial charge in [0.1, 0.15) is 0 Å². The van der Waals surface area contributed by atoms with E-state index in [1.54, 1.807) is 0 Å². The van der Waals surface area contributed by atoms with Crippen molar-refractivity contribution in [2.45, 2.75) is 19.3 Å². The van der Waals surface area contributed by atoms with E-state index in [-0.39, 0.29) is 31.3 Å². The number of anilines is 1. The summed E-state index contributed by atoms with van der Waals surface area (Å²) in [7, 11) is 0. The van der Waals surface area contributed by atoms with E-state index in [2.05, 4.69) is 22.2 Å². The summed E-state index contributed by atoms with van der Waals surface area (Å²) < 4.78 is 0. The van der Waals surface area contributed by atoms with Crippen molar-refractivity contribution in [2.75, 3.05) is 24.5 Å². The van der Waals surface area contributed by atoms with Gasteiger partial charge < -0.3 is 10.2 Å². The minimum absolute atomic E-state index is 0.164. The number of nitrogens with zero attached hydrogens (tertiary/aromatic N) is 1. The number of para-hydroxylation sites is 1. The molecule has 0 fully saturated rings. The molecule has 0 atom stereocenters. The molecule has 0 aromatic heterocycles. The van der Waals surface area contributed by atoms with Gasteiger partial charge in [0, 0.05) is 12.2 Å². The summed E-state index contributed by atoms with van der Waals surface area (Å²) in [6.07, 6.45) is 2.20. The Morgan fingerprint density at radius 1 is 0.857 bits per heavy atom. The fourth-order valence-corrected chi connectivity index (χ4v) is 3.19. The maximum absolute atomic E-state index is 12.1. The predicted octanol–water partition coefficient (Wildman–Crippen LogP) is 0.946. The van der Waals surface area contributed by atoms with Crippen molar-refractivity contribution < 1.29 is 14.4 Å². The molecule has 3 N–H and O–H groups in total. The normalized spacial score (nSPS) is 12.6. The Morgan fingerprint density at radius 3 is 2.39 bits per heavy atom. The quantitative estimate of drug-likeness (QED) is 0.651. The fourth-order valence-electron chi connectivity index (χ4n) is 3.19. The monoisotopic (exact) mass is 380 g/mol. The second kappa shape index (κ2) is 9.55. The molecule has 0 saturated heterocycles. The second-order valence-electron chi connectivity index (χ2n) is 6.69. The van der Waals surface area contributed by atoms with Crippen LogP contribution < -0.4 is 21.1 Å². The van der Waals surface area contributed by atoms with Crippen LogP contribution in [0.15, 0.2) is 54.6 Å². The van der Waals surface area contributed by atoms with Crippen molar-refractivity contribution in [3.8, 4) is 0 Å². The SMILES string of the molecule is O=C(Cc1ccccc1)NCC(=O)NNC(=O)CN1CCCc2ccccc21. The van der Waals surface area contributed by atoms with E-state index in [4.69, 9.17) is 0 Å². The molecule has 0 bridgehead atoms. The van der Waals surface area contributed by atoms with E-state index >= 15 is 0 Å². The third-order valence-corrected chi connectivity index (χ3v) is 4.54. The Morgan fingerprint density at radius 2 is 1.57 bits per heavy atom. The number of fused-ring (bicyclic) bond motifs is 1. The van der Waals surface area contributed by atoms with E-state index < -0.39 is 5.91 Å². The molecule has 3 rings (SSSR count). The van der Waals surface area contributed by atoms with Gasteiger partial charge in [-0.2, -0.15) is 0 Å². The van der Waals surface area contributed by atoms with Crippen LogP contribution in [0.4, 0.5) is 5.69 Å². The van der Waals surface area contributed by atoms with Gasteiger partial charge in [-0.15, -0.1) is 0 Å². The molecular formula is C21H24N4O3. The molecule has 0 unspecified atom stereocenters. The summed E-state index contributed by atoms with van der Waals surface area (Å²) in [4.78, 5) is 37.8. The summed E-state index contributed by atoms with van der Waals surface area (Å²) in [5.74, 6) is -1.04. The Bertz CT molecular complexity index is 839. The Labute approximate surface area is 164 Å². The number of hydrogen-bond donors (Lipinski definition) is 3. The maximum Gasteiger partial charge on any atom is 0.257 e. The molecule has 0 aliphatic carbocycles. The highest BCUT2D eigenvalue weighted by atomic mass is 16.2. The molecule has 3 amide bonds. The molecule has 28 heavy (non-hydrogen) atoms. The molecule has 0 spiro atoms. The van der Waals surface area contributed by atoms with E-state index in [9.17, 15) is 14.4 Å². The minimum Gasteiger partial charge on any atom is -0.362 e. The molecule has 7 heteroatoms. The van der Waals surface area contributed by atoms with E-state index in [1.165, 1.54) is 5.56 Å². The number of aryl methyl sites for hydroxylation is 1. The summed E-state index contributed by atoms with van der Waals surface area (Å²) in [5.41, 5.74) is 7.90. The summed E-state index contributed by atoms with van der Waals surface area (Å²) >= 11 is 0. The largest absolute Gasteiger partial charge is 0.362 e. The van der Waals surface area contributed by atoms with Gasteiger partial charge in [0.15, 0.2) is 0 Å². The van der Waals surface area contributed by atoms with Crippen molar-refractivity contribution in [1.82, 2.24) is 16.2 Å². The lowest BCUT2D eigenvalue weighted by atomic mass is 10.0. The molecule has 0 saturated carbocycles. The number of carbonyl (C=O) groups is 3. The van der Waals surface area contributed by atoms with E-state index in [0.29, 0.717) is 0 Å². The van der Waals surface area contributed by atoms with Crippen LogP contribution in [0, 0.1) is 0 Å². The summed E-state index contributed by atoms with van der Waals surface area (Å²) in [5, 5.41) is 2.54. The van der Waals surface area contributed by atoms with Gasteiger partial charge in [-0.05, 0) is 30.0 Å². The summed E-state index contributed by atoms with van der Waals surface area (Å²) in [6, 6.07) is 17.3. The van der Waals surface area contributed by atoms with Crippen molar-refractivity contribution in [3.05, 3.63) is 65.7 Å². The van der Waals surface area contributed by atoms with Crippen LogP contribution in [-0.2, 0) is 27.2 Å². The van der Waals surface area contributed by atoms with Crippen LogP contribution in [0.3, 0.4) is 0 Å². The van der Waals surface area contributed by atoms with E-state index in [1.807, 2.05) is 53.4 Å². The van der Waals surface area contributed by atoms with Gasteiger partial charge in [0.2, 0.25) is 5.91 Å². The molecule has 0 radical (unpaired) electrons. The average Bonchev–Trinajstić information content (AvgIpc) is 2.72. The van der Waals surface area contributed by atoms with Gasteiger partial charge in [-0.1, -0.05) is 48.5 Å². The standard InChI is InChI=1S/C21H24N4O3/c26-19(13-16-7-2-1-3-8-16)22-14-20(27)23-24-21(28)15-25-12-6-10-17-9-4-5-11-18(17)25/h1-5,7-9,11H,6,10,12-15H2,(H,22,26)(H,23,27)(H,24,28). The van der Waals surface area contributed by atoms with E-state index in [0.717, 1.165) is 30.6 Å². The van der Waals surface area contributed by atoms with Gasteiger partial charge in [-0.3, -0.25) is 25.2 Å². The minimum atomic E-state index is -0.478. The first-order valence-corrected chi connectivity index (χ1v) is 9.33. The van der Waals surface area contributed by atoms with Crippen LogP contribution in [0.1, 0.15) is 17.5 Å². The zero-order chi connectivity index (χ0) is 19.8. The maximum atomic E-state index is 12.1. The number of hydrogen-bond acceptors (Lipinski definition) is 4. The number of carbonyl (C=O) groups excluding carboxylic acids is 3. The Kier molecular flexibility index (Phi) is 6.62. The first kappa shape index (κ1) is 19.4. The van der Waals surface area contributed by atoms with Crippen LogP contribution in [-0.4, -0.2) is 37.4 Å². The smallest absolute Gasteiger partial charge is 0.257 e. The zero-order valence-electron chi connectivity index (χ0n) is 15.6. The van der Waals surface area contributed by atoms with Gasteiger partial charge in [-0.25, -0.2) is 0 Å². The lowest BCUT2D eigenvalue weighted by Gasteiger charge is -2.30. The van der Waals surface area contributed by atoms with Crippen LogP contribution >= 0.6 is 0 Å². The van der Waals surface area contributed by atoms with Crippen molar-refractivity contribution >= 4 is 23.4 Å². The number of nitrogens with one attached hydrogen (secondary N) is 3. The van der Waals surface area contributed by atoms with Gasteiger partial charge in [0.25, 0.3) is 11.8 Å². The number of hydrazine groups is 1. The van der Waals surface area contributed by atoms with Crippen LogP contribution in [0.5, 0.6) is 0 Å². The van der Waals surface area contributed by atoms with Gasteiger partial charge in [0.05, 0.1) is 19.5 Å².